The number of hydrogen-bond donors (Lipinski definition) is 1. The SMILES string of the molecule is [N-]=[N+]=NCCCOS(=O)(=O)O. The molecule has 0 unspecified atom stereocenters. The van der Waals surface area contributed by atoms with E-state index in [1.54, 1.807) is 0 Å². The molecule has 7 nitrogen and oxygen atoms in total. The van der Waals surface area contributed by atoms with E-state index >= 15 is 0 Å². The van der Waals surface area contributed by atoms with Gasteiger partial charge in [0.2, 0.25) is 0 Å². The van der Waals surface area contributed by atoms with Gasteiger partial charge in [0.1, 0.15) is 0 Å². The standard InChI is InChI=1S/C3H7N3O4S/c4-6-5-2-1-3-10-11(7,8)9/h1-3H2,(H,7,8,9). The molecule has 0 rings (SSSR count). The molecule has 0 aliphatic carbocycles. The molecule has 1 N–H and O–H groups in total. The molecule has 0 fully saturated rings. The van der Waals surface area contributed by atoms with Gasteiger partial charge in [0.15, 0.2) is 0 Å². The lowest BCUT2D eigenvalue weighted by molar-refractivity contribution is 0.266. The molecular formula is C3H7N3O4S. The molecule has 0 amide bonds. The molecule has 8 heteroatoms. The van der Waals surface area contributed by atoms with Crippen LogP contribution in [0.25, 0.3) is 10.4 Å². The lowest BCUT2D eigenvalue weighted by Gasteiger charge is -1.95. The smallest absolute Gasteiger partial charge is 0.264 e. The largest absolute Gasteiger partial charge is 0.397 e. The summed E-state index contributed by atoms with van der Waals surface area (Å²) in [5.74, 6) is 0. The molecule has 0 aliphatic heterocycles. The molecule has 0 radical (unpaired) electrons. The van der Waals surface area contributed by atoms with Crippen LogP contribution < -0.4 is 0 Å². The summed E-state index contributed by atoms with van der Waals surface area (Å²) >= 11 is 0. The molecule has 0 spiro atoms. The van der Waals surface area contributed by atoms with Crippen LogP contribution in [0.2, 0.25) is 0 Å². The summed E-state index contributed by atoms with van der Waals surface area (Å²) in [6, 6.07) is 0. The zero-order valence-corrected chi connectivity index (χ0v) is 6.36. The van der Waals surface area contributed by atoms with E-state index in [0.717, 1.165) is 0 Å². The van der Waals surface area contributed by atoms with Crippen LogP contribution in [-0.2, 0) is 14.6 Å². The second-order valence-corrected chi connectivity index (χ2v) is 2.65. The molecule has 0 aliphatic rings. The molecule has 0 saturated heterocycles. The predicted molar refractivity (Wildman–Crippen MR) is 36.1 cm³/mol. The number of rotatable bonds is 5. The quantitative estimate of drug-likeness (QED) is 0.219. The molecule has 0 aromatic carbocycles. The van der Waals surface area contributed by atoms with Crippen molar-refractivity contribution in [1.29, 1.82) is 0 Å². The summed E-state index contributed by atoms with van der Waals surface area (Å²) in [7, 11) is -4.35. The highest BCUT2D eigenvalue weighted by atomic mass is 32.3. The average Bonchev–Trinajstić information content (AvgIpc) is 1.85. The summed E-state index contributed by atoms with van der Waals surface area (Å²) in [5, 5.41) is 3.12. The Bertz CT molecular complexity index is 241. The second kappa shape index (κ2) is 4.91. The van der Waals surface area contributed by atoms with Gasteiger partial charge in [-0.2, -0.15) is 8.42 Å². The van der Waals surface area contributed by atoms with Crippen molar-refractivity contribution < 1.29 is 17.2 Å². The van der Waals surface area contributed by atoms with Crippen LogP contribution in [0.15, 0.2) is 5.11 Å². The van der Waals surface area contributed by atoms with Crippen LogP contribution in [0.5, 0.6) is 0 Å². The first-order chi connectivity index (χ1) is 5.06. The molecule has 0 heterocycles. The van der Waals surface area contributed by atoms with Gasteiger partial charge in [0, 0.05) is 11.5 Å². The second-order valence-electron chi connectivity index (χ2n) is 1.56. The minimum Gasteiger partial charge on any atom is -0.264 e. The van der Waals surface area contributed by atoms with Crippen molar-refractivity contribution in [1.82, 2.24) is 0 Å². The first kappa shape index (κ1) is 10.2. The van der Waals surface area contributed by atoms with E-state index in [1.165, 1.54) is 0 Å². The summed E-state index contributed by atoms with van der Waals surface area (Å²) in [4.78, 5) is 2.43. The highest BCUT2D eigenvalue weighted by Crippen LogP contribution is 1.89. The summed E-state index contributed by atoms with van der Waals surface area (Å²) in [5.41, 5.74) is 7.78. The lowest BCUT2D eigenvalue weighted by Crippen LogP contribution is -2.05. The van der Waals surface area contributed by atoms with Crippen LogP contribution >= 0.6 is 0 Å². The molecular weight excluding hydrogens is 174 g/mol. The van der Waals surface area contributed by atoms with Gasteiger partial charge in [-0.25, -0.2) is 4.18 Å². The van der Waals surface area contributed by atoms with E-state index in [-0.39, 0.29) is 19.6 Å². The zero-order chi connectivity index (χ0) is 8.74. The van der Waals surface area contributed by atoms with Gasteiger partial charge in [0.25, 0.3) is 0 Å². The van der Waals surface area contributed by atoms with Crippen molar-refractivity contribution in [3.8, 4) is 0 Å². The van der Waals surface area contributed by atoms with Crippen molar-refractivity contribution in [2.24, 2.45) is 5.11 Å². The third-order valence-corrected chi connectivity index (χ3v) is 1.16. The van der Waals surface area contributed by atoms with E-state index < -0.39 is 10.4 Å². The van der Waals surface area contributed by atoms with E-state index in [9.17, 15) is 8.42 Å². The van der Waals surface area contributed by atoms with Gasteiger partial charge in [-0.1, -0.05) is 5.11 Å². The Balaban J connectivity index is 3.36. The highest BCUT2D eigenvalue weighted by molar-refractivity contribution is 7.80. The van der Waals surface area contributed by atoms with Gasteiger partial charge < -0.3 is 0 Å². The fourth-order valence-electron chi connectivity index (χ4n) is 0.344. The third kappa shape index (κ3) is 9.18. The molecule has 0 aromatic rings. The molecule has 0 saturated carbocycles. The monoisotopic (exact) mass is 181 g/mol. The van der Waals surface area contributed by atoms with Crippen LogP contribution in [-0.4, -0.2) is 26.1 Å². The Kier molecular flexibility index (Phi) is 4.55. The lowest BCUT2D eigenvalue weighted by atomic mass is 10.5. The van der Waals surface area contributed by atoms with Crippen molar-refractivity contribution in [2.45, 2.75) is 6.42 Å². The van der Waals surface area contributed by atoms with Crippen molar-refractivity contribution in [3.63, 3.8) is 0 Å². The molecule has 0 aromatic heterocycles. The summed E-state index contributed by atoms with van der Waals surface area (Å²) in [6.45, 7) is -0.0378. The fraction of sp³-hybridized carbons (Fsp3) is 1.00. The Morgan fingerprint density at radius 3 is 2.73 bits per heavy atom. The highest BCUT2D eigenvalue weighted by Gasteiger charge is 2.01. The van der Waals surface area contributed by atoms with Crippen LogP contribution in [0, 0.1) is 0 Å². The van der Waals surface area contributed by atoms with E-state index in [2.05, 4.69) is 14.2 Å². The van der Waals surface area contributed by atoms with Gasteiger partial charge in [0.05, 0.1) is 6.61 Å². The number of azide groups is 1. The molecule has 0 bridgehead atoms. The summed E-state index contributed by atoms with van der Waals surface area (Å²) < 4.78 is 31.7. The Morgan fingerprint density at radius 1 is 1.64 bits per heavy atom. The molecule has 0 atom stereocenters. The maximum absolute atomic E-state index is 9.89. The molecule has 64 valence electrons. The van der Waals surface area contributed by atoms with Gasteiger partial charge in [-0.3, -0.25) is 4.55 Å². The average molecular weight is 181 g/mol. The Morgan fingerprint density at radius 2 is 2.27 bits per heavy atom. The first-order valence-corrected chi connectivity index (χ1v) is 4.05. The minimum atomic E-state index is -4.35. The minimum absolute atomic E-state index is 0.145. The van der Waals surface area contributed by atoms with E-state index in [1.807, 2.05) is 0 Å². The Hall–Kier alpha value is -0.820. The maximum atomic E-state index is 9.89. The van der Waals surface area contributed by atoms with Crippen molar-refractivity contribution >= 4 is 10.4 Å². The normalized spacial score (nSPS) is 10.6. The van der Waals surface area contributed by atoms with Gasteiger partial charge in [-0.05, 0) is 12.0 Å². The number of hydrogen-bond acceptors (Lipinski definition) is 4. The van der Waals surface area contributed by atoms with Crippen molar-refractivity contribution in [2.75, 3.05) is 13.2 Å². The third-order valence-electron chi connectivity index (χ3n) is 0.698. The van der Waals surface area contributed by atoms with Crippen LogP contribution in [0.1, 0.15) is 6.42 Å². The van der Waals surface area contributed by atoms with Crippen molar-refractivity contribution in [3.05, 3.63) is 10.4 Å². The Labute approximate surface area is 63.6 Å². The molecule has 11 heavy (non-hydrogen) atoms. The summed E-state index contributed by atoms with van der Waals surface area (Å²) in [6.07, 6.45) is 0.254. The van der Waals surface area contributed by atoms with Crippen LogP contribution in [0.4, 0.5) is 0 Å². The first-order valence-electron chi connectivity index (χ1n) is 2.69. The van der Waals surface area contributed by atoms with E-state index in [4.69, 9.17) is 10.1 Å². The zero-order valence-electron chi connectivity index (χ0n) is 5.54. The van der Waals surface area contributed by atoms with E-state index in [0.29, 0.717) is 0 Å². The fourth-order valence-corrected chi connectivity index (χ4v) is 0.673. The predicted octanol–water partition coefficient (Wildman–Crippen LogP) is 0.506. The van der Waals surface area contributed by atoms with Crippen LogP contribution in [0.3, 0.4) is 0 Å². The van der Waals surface area contributed by atoms with Gasteiger partial charge >= 0.3 is 10.4 Å². The maximum Gasteiger partial charge on any atom is 0.397 e. The topological polar surface area (TPSA) is 112 Å². The number of nitrogens with zero attached hydrogens (tertiary/aromatic N) is 3. The van der Waals surface area contributed by atoms with Gasteiger partial charge in [-0.15, -0.1) is 0 Å².